The average molecular weight is 265 g/mol. The highest BCUT2D eigenvalue weighted by Crippen LogP contribution is 2.09. The van der Waals surface area contributed by atoms with Gasteiger partial charge in [-0.15, -0.1) is 0 Å². The third kappa shape index (κ3) is 4.95. The second kappa shape index (κ2) is 5.69. The van der Waals surface area contributed by atoms with Gasteiger partial charge in [-0.25, -0.2) is 9.78 Å². The van der Waals surface area contributed by atoms with Crippen LogP contribution in [0.2, 0.25) is 0 Å². The third-order valence-electron chi connectivity index (χ3n) is 2.24. The van der Waals surface area contributed by atoms with E-state index in [9.17, 15) is 9.59 Å². The summed E-state index contributed by atoms with van der Waals surface area (Å²) in [6.45, 7) is 5.81. The zero-order valence-electron chi connectivity index (χ0n) is 11.6. The van der Waals surface area contributed by atoms with Gasteiger partial charge in [-0.2, -0.15) is 0 Å². The number of likely N-dealkylation sites (N-methyl/N-ethyl adjacent to an activating group) is 1. The van der Waals surface area contributed by atoms with E-state index in [1.165, 1.54) is 6.07 Å². The minimum Gasteiger partial charge on any atom is -0.477 e. The molecule has 0 fully saturated rings. The van der Waals surface area contributed by atoms with Gasteiger partial charge in [0.25, 0.3) is 0 Å². The van der Waals surface area contributed by atoms with Crippen molar-refractivity contribution >= 4 is 17.7 Å². The summed E-state index contributed by atoms with van der Waals surface area (Å²) in [6, 6.07) is 4.68. The molecule has 104 valence electrons. The maximum absolute atomic E-state index is 11.8. The van der Waals surface area contributed by atoms with Gasteiger partial charge in [0.1, 0.15) is 5.82 Å². The van der Waals surface area contributed by atoms with E-state index in [2.05, 4.69) is 10.3 Å². The van der Waals surface area contributed by atoms with Gasteiger partial charge in [0, 0.05) is 12.6 Å². The van der Waals surface area contributed by atoms with Crippen molar-refractivity contribution in [3.8, 4) is 0 Å². The van der Waals surface area contributed by atoms with E-state index in [1.807, 2.05) is 20.8 Å². The Hall–Kier alpha value is -2.11. The van der Waals surface area contributed by atoms with Crippen LogP contribution in [0.1, 0.15) is 31.3 Å². The number of amides is 1. The number of carbonyl (C=O) groups is 2. The van der Waals surface area contributed by atoms with Gasteiger partial charge in [0.2, 0.25) is 5.91 Å². The molecule has 0 radical (unpaired) electrons. The fourth-order valence-corrected chi connectivity index (χ4v) is 1.51. The molecule has 0 spiro atoms. The van der Waals surface area contributed by atoms with Crippen LogP contribution in [0.15, 0.2) is 18.2 Å². The number of aromatic nitrogens is 1. The molecule has 0 unspecified atom stereocenters. The van der Waals surface area contributed by atoms with Crippen LogP contribution in [0.3, 0.4) is 0 Å². The highest BCUT2D eigenvalue weighted by atomic mass is 16.4. The lowest BCUT2D eigenvalue weighted by Gasteiger charge is -2.23. The zero-order chi connectivity index (χ0) is 14.6. The molecule has 0 aromatic carbocycles. The standard InChI is InChI=1S/C13H19N3O3/c1-13(2,3)15-11(17)8-16(4)10-7-5-6-9(14-10)12(18)19/h5-7H,8H2,1-4H3,(H,15,17)(H,18,19). The normalized spacial score (nSPS) is 10.9. The molecule has 0 saturated carbocycles. The molecule has 0 aliphatic carbocycles. The number of carboxylic acids is 1. The Balaban J connectivity index is 2.73. The van der Waals surface area contributed by atoms with Crippen LogP contribution in [0.4, 0.5) is 5.82 Å². The van der Waals surface area contributed by atoms with Gasteiger partial charge in [-0.05, 0) is 32.9 Å². The first-order chi connectivity index (χ1) is 8.69. The molecule has 1 heterocycles. The van der Waals surface area contributed by atoms with E-state index in [1.54, 1.807) is 24.1 Å². The molecule has 0 aliphatic heterocycles. The minimum atomic E-state index is -1.09. The molecular weight excluding hydrogens is 246 g/mol. The summed E-state index contributed by atoms with van der Waals surface area (Å²) in [4.78, 5) is 28.2. The molecule has 1 rings (SSSR count). The number of pyridine rings is 1. The van der Waals surface area contributed by atoms with Crippen LogP contribution >= 0.6 is 0 Å². The molecule has 0 aliphatic rings. The number of nitrogens with one attached hydrogen (secondary N) is 1. The lowest BCUT2D eigenvalue weighted by molar-refractivity contribution is -0.121. The number of anilines is 1. The van der Waals surface area contributed by atoms with Crippen molar-refractivity contribution in [3.05, 3.63) is 23.9 Å². The van der Waals surface area contributed by atoms with Gasteiger partial charge in [-0.1, -0.05) is 6.07 Å². The summed E-state index contributed by atoms with van der Waals surface area (Å²) in [7, 11) is 1.69. The van der Waals surface area contributed by atoms with E-state index in [0.29, 0.717) is 5.82 Å². The van der Waals surface area contributed by atoms with Gasteiger partial charge in [0.15, 0.2) is 5.69 Å². The first-order valence-corrected chi connectivity index (χ1v) is 5.91. The summed E-state index contributed by atoms with van der Waals surface area (Å²) >= 11 is 0. The van der Waals surface area contributed by atoms with Crippen molar-refractivity contribution in [1.29, 1.82) is 0 Å². The lowest BCUT2D eigenvalue weighted by Crippen LogP contribution is -2.45. The van der Waals surface area contributed by atoms with Crippen LogP contribution in [-0.2, 0) is 4.79 Å². The van der Waals surface area contributed by atoms with Crippen LogP contribution in [0.5, 0.6) is 0 Å². The van der Waals surface area contributed by atoms with Gasteiger partial charge in [0.05, 0.1) is 6.54 Å². The van der Waals surface area contributed by atoms with E-state index in [-0.39, 0.29) is 23.7 Å². The van der Waals surface area contributed by atoms with E-state index in [4.69, 9.17) is 5.11 Å². The summed E-state index contributed by atoms with van der Waals surface area (Å²) in [6.07, 6.45) is 0. The molecule has 6 nitrogen and oxygen atoms in total. The van der Waals surface area contributed by atoms with E-state index in [0.717, 1.165) is 0 Å². The monoisotopic (exact) mass is 265 g/mol. The molecular formula is C13H19N3O3. The van der Waals surface area contributed by atoms with E-state index >= 15 is 0 Å². The first kappa shape index (κ1) is 14.9. The number of hydrogen-bond donors (Lipinski definition) is 2. The maximum atomic E-state index is 11.8. The van der Waals surface area contributed by atoms with Gasteiger partial charge in [-0.3, -0.25) is 4.79 Å². The smallest absolute Gasteiger partial charge is 0.354 e. The van der Waals surface area contributed by atoms with Crippen molar-refractivity contribution in [2.75, 3.05) is 18.5 Å². The SMILES string of the molecule is CN(CC(=O)NC(C)(C)C)c1cccc(C(=O)O)n1. The summed E-state index contributed by atoms with van der Waals surface area (Å²) in [5.41, 5.74) is -0.338. The number of carboxylic acid groups (broad SMARTS) is 1. The van der Waals surface area contributed by atoms with Crippen molar-refractivity contribution < 1.29 is 14.7 Å². The van der Waals surface area contributed by atoms with Crippen LogP contribution in [0, 0.1) is 0 Å². The molecule has 0 bridgehead atoms. The van der Waals surface area contributed by atoms with Crippen molar-refractivity contribution in [2.24, 2.45) is 0 Å². The second-order valence-corrected chi connectivity index (χ2v) is 5.34. The molecule has 2 N–H and O–H groups in total. The molecule has 0 saturated heterocycles. The second-order valence-electron chi connectivity index (χ2n) is 5.34. The molecule has 0 atom stereocenters. The molecule has 1 aromatic rings. The molecule has 1 amide bonds. The number of carbonyl (C=O) groups excluding carboxylic acids is 1. The molecule has 19 heavy (non-hydrogen) atoms. The van der Waals surface area contributed by atoms with Crippen molar-refractivity contribution in [1.82, 2.24) is 10.3 Å². The van der Waals surface area contributed by atoms with Crippen molar-refractivity contribution in [3.63, 3.8) is 0 Å². The third-order valence-corrected chi connectivity index (χ3v) is 2.24. The first-order valence-electron chi connectivity index (χ1n) is 5.91. The summed E-state index contributed by atoms with van der Waals surface area (Å²) in [5.74, 6) is -0.782. The number of rotatable bonds is 4. The Morgan fingerprint density at radius 2 is 2.00 bits per heavy atom. The maximum Gasteiger partial charge on any atom is 0.354 e. The topological polar surface area (TPSA) is 82.5 Å². The quantitative estimate of drug-likeness (QED) is 0.852. The fraction of sp³-hybridized carbons (Fsp3) is 0.462. The Labute approximate surface area is 112 Å². The number of nitrogens with zero attached hydrogens (tertiary/aromatic N) is 2. The highest BCUT2D eigenvalue weighted by molar-refractivity contribution is 5.86. The van der Waals surface area contributed by atoms with Crippen LogP contribution in [0.25, 0.3) is 0 Å². The number of aromatic carboxylic acids is 1. The predicted molar refractivity (Wildman–Crippen MR) is 72.4 cm³/mol. The Bertz CT molecular complexity index is 480. The lowest BCUT2D eigenvalue weighted by atomic mass is 10.1. The van der Waals surface area contributed by atoms with Crippen molar-refractivity contribution in [2.45, 2.75) is 26.3 Å². The minimum absolute atomic E-state index is 0.0411. The Morgan fingerprint density at radius 3 is 2.53 bits per heavy atom. The average Bonchev–Trinajstić information content (AvgIpc) is 2.26. The van der Waals surface area contributed by atoms with Crippen LogP contribution in [-0.4, -0.2) is 41.1 Å². The molecule has 6 heteroatoms. The number of hydrogen-bond acceptors (Lipinski definition) is 4. The Morgan fingerprint density at radius 1 is 1.37 bits per heavy atom. The van der Waals surface area contributed by atoms with Crippen LogP contribution < -0.4 is 10.2 Å². The molecule has 1 aromatic heterocycles. The zero-order valence-corrected chi connectivity index (χ0v) is 11.6. The van der Waals surface area contributed by atoms with Gasteiger partial charge >= 0.3 is 5.97 Å². The fourth-order valence-electron chi connectivity index (χ4n) is 1.51. The summed E-state index contributed by atoms with van der Waals surface area (Å²) in [5, 5.41) is 11.7. The van der Waals surface area contributed by atoms with Gasteiger partial charge < -0.3 is 15.3 Å². The highest BCUT2D eigenvalue weighted by Gasteiger charge is 2.16. The Kier molecular flexibility index (Phi) is 4.47. The van der Waals surface area contributed by atoms with E-state index < -0.39 is 5.97 Å². The summed E-state index contributed by atoms with van der Waals surface area (Å²) < 4.78 is 0. The largest absolute Gasteiger partial charge is 0.477 e. The predicted octanol–water partition coefficient (Wildman–Crippen LogP) is 1.13.